The highest BCUT2D eigenvalue weighted by molar-refractivity contribution is 8.30. The molecule has 0 unspecified atom stereocenters. The summed E-state index contributed by atoms with van der Waals surface area (Å²) in [6.45, 7) is 4.07. The molecule has 46 valence electrons. The molecule has 0 radical (unpaired) electrons. The zero-order chi connectivity index (χ0) is 6.08. The van der Waals surface area contributed by atoms with Gasteiger partial charge in [-0.05, 0) is 6.26 Å². The Balaban J connectivity index is 3.54. The van der Waals surface area contributed by atoms with Crippen molar-refractivity contribution in [2.75, 3.05) is 6.26 Å². The van der Waals surface area contributed by atoms with Crippen LogP contribution in [0.1, 0.15) is 13.8 Å². The van der Waals surface area contributed by atoms with Crippen molar-refractivity contribution in [3.63, 3.8) is 0 Å². The summed E-state index contributed by atoms with van der Waals surface area (Å²) in [5, 5.41) is 11.5. The quantitative estimate of drug-likeness (QED) is 0.534. The van der Waals surface area contributed by atoms with Crippen molar-refractivity contribution in [1.29, 1.82) is 0 Å². The first kappa shape index (κ1) is 7.27. The van der Waals surface area contributed by atoms with Crippen molar-refractivity contribution >= 4 is 10.4 Å². The van der Waals surface area contributed by atoms with Gasteiger partial charge in [-0.15, -0.1) is 10.4 Å². The van der Waals surface area contributed by atoms with Crippen LogP contribution in [0.5, 0.6) is 0 Å². The molecule has 0 saturated carbocycles. The predicted molar refractivity (Wildman–Crippen MR) is 37.0 cm³/mol. The fraction of sp³-hybridized carbons (Fsp3) is 1.00. The van der Waals surface area contributed by atoms with Gasteiger partial charge in [0.2, 0.25) is 0 Å². The van der Waals surface area contributed by atoms with E-state index in [9.17, 15) is 0 Å². The van der Waals surface area contributed by atoms with Crippen LogP contribution in [0.2, 0.25) is 0 Å². The summed E-state index contributed by atoms with van der Waals surface area (Å²) in [5.74, 6) is 0. The van der Waals surface area contributed by atoms with E-state index in [1.54, 1.807) is 0 Å². The Labute approximate surface area is 46.8 Å². The number of nitrogens with two attached hydrogens (primary N) is 2. The van der Waals surface area contributed by atoms with Crippen molar-refractivity contribution in [1.82, 2.24) is 0 Å². The summed E-state index contributed by atoms with van der Waals surface area (Å²) in [5.41, 5.74) is 0. The molecule has 2 nitrogen and oxygen atoms in total. The first-order chi connectivity index (χ1) is 2.94. The normalized spacial score (nSPS) is 15.1. The van der Waals surface area contributed by atoms with Crippen molar-refractivity contribution in [2.24, 2.45) is 10.3 Å². The van der Waals surface area contributed by atoms with Crippen LogP contribution < -0.4 is 10.3 Å². The molecule has 0 rings (SSSR count). The van der Waals surface area contributed by atoms with E-state index >= 15 is 0 Å². The first-order valence-corrected chi connectivity index (χ1v) is 4.50. The maximum atomic E-state index is 5.54. The van der Waals surface area contributed by atoms with Crippen molar-refractivity contribution < 1.29 is 0 Å². The Morgan fingerprint density at radius 3 is 1.43 bits per heavy atom. The Morgan fingerprint density at radius 2 is 1.43 bits per heavy atom. The molecular weight excluding hydrogens is 108 g/mol. The molecule has 3 heteroatoms. The second-order valence-corrected chi connectivity index (χ2v) is 5.34. The minimum Gasteiger partial charge on any atom is -0.284 e. The van der Waals surface area contributed by atoms with Gasteiger partial charge in [-0.1, -0.05) is 13.8 Å². The van der Waals surface area contributed by atoms with Crippen molar-refractivity contribution in [2.45, 2.75) is 19.1 Å². The molecule has 0 bridgehead atoms. The van der Waals surface area contributed by atoms with Crippen LogP contribution >= 0.6 is 10.4 Å². The lowest BCUT2D eigenvalue weighted by Crippen LogP contribution is -2.26. The van der Waals surface area contributed by atoms with Gasteiger partial charge in [0.1, 0.15) is 0 Å². The summed E-state index contributed by atoms with van der Waals surface area (Å²) in [7, 11) is -1.24. The summed E-state index contributed by atoms with van der Waals surface area (Å²) in [4.78, 5) is 0. The van der Waals surface area contributed by atoms with E-state index in [2.05, 4.69) is 0 Å². The van der Waals surface area contributed by atoms with Crippen LogP contribution in [0.4, 0.5) is 0 Å². The zero-order valence-electron chi connectivity index (χ0n) is 5.14. The lowest BCUT2D eigenvalue weighted by molar-refractivity contribution is 1.08. The monoisotopic (exact) mass is 122 g/mol. The molecule has 0 aliphatic rings. The average molecular weight is 122 g/mol. The van der Waals surface area contributed by atoms with Gasteiger partial charge in [-0.2, -0.15) is 0 Å². The van der Waals surface area contributed by atoms with E-state index in [1.165, 1.54) is 0 Å². The van der Waals surface area contributed by atoms with Crippen molar-refractivity contribution in [3.8, 4) is 0 Å². The van der Waals surface area contributed by atoms with Crippen LogP contribution in [-0.4, -0.2) is 11.5 Å². The standard InChI is InChI=1S/C4H14N2S/c1-4(2)7(3,5)6/h4H,5-6H2,1-3H3. The van der Waals surface area contributed by atoms with Gasteiger partial charge in [0, 0.05) is 5.25 Å². The summed E-state index contributed by atoms with van der Waals surface area (Å²) >= 11 is 0. The van der Waals surface area contributed by atoms with Crippen LogP contribution in [0.25, 0.3) is 0 Å². The lowest BCUT2D eigenvalue weighted by atomic mass is 10.6. The number of hydrogen-bond donors (Lipinski definition) is 2. The van der Waals surface area contributed by atoms with E-state index in [0.717, 1.165) is 0 Å². The molecule has 7 heavy (non-hydrogen) atoms. The second kappa shape index (κ2) is 2.03. The molecule has 0 aromatic heterocycles. The Morgan fingerprint density at radius 1 is 1.29 bits per heavy atom. The van der Waals surface area contributed by atoms with Gasteiger partial charge in [0.25, 0.3) is 0 Å². The SMILES string of the molecule is CC(C)S(C)(N)N. The molecule has 0 saturated heterocycles. The Bertz CT molecular complexity index is 55.2. The molecule has 0 fully saturated rings. The summed E-state index contributed by atoms with van der Waals surface area (Å²) < 4.78 is 0. The molecule has 0 spiro atoms. The molecule has 0 amide bonds. The molecule has 0 heterocycles. The van der Waals surface area contributed by atoms with Gasteiger partial charge >= 0.3 is 0 Å². The average Bonchev–Trinajstić information content (AvgIpc) is 1.31. The minimum absolute atomic E-state index is 0.437. The highest BCUT2D eigenvalue weighted by Gasteiger charge is 2.08. The van der Waals surface area contributed by atoms with Gasteiger partial charge in [0.05, 0.1) is 0 Å². The maximum absolute atomic E-state index is 5.54. The lowest BCUT2D eigenvalue weighted by Gasteiger charge is -2.29. The van der Waals surface area contributed by atoms with Crippen LogP contribution in [0, 0.1) is 0 Å². The molecule has 0 aliphatic heterocycles. The number of hydrogen-bond acceptors (Lipinski definition) is 2. The topological polar surface area (TPSA) is 52.0 Å². The van der Waals surface area contributed by atoms with Crippen LogP contribution in [0.3, 0.4) is 0 Å². The Kier molecular flexibility index (Phi) is 2.10. The fourth-order valence-electron chi connectivity index (χ4n) is 0. The third-order valence-electron chi connectivity index (χ3n) is 1.02. The van der Waals surface area contributed by atoms with Crippen molar-refractivity contribution in [3.05, 3.63) is 0 Å². The van der Waals surface area contributed by atoms with E-state index in [1.807, 2.05) is 20.1 Å². The number of rotatable bonds is 1. The Hall–Kier alpha value is 0.270. The second-order valence-electron chi connectivity index (χ2n) is 2.16. The van der Waals surface area contributed by atoms with E-state index in [4.69, 9.17) is 10.3 Å². The molecule has 0 aromatic rings. The highest BCUT2D eigenvalue weighted by atomic mass is 32.3. The van der Waals surface area contributed by atoms with Crippen LogP contribution in [-0.2, 0) is 0 Å². The maximum Gasteiger partial charge on any atom is 0.00639 e. The van der Waals surface area contributed by atoms with Gasteiger partial charge < -0.3 is 0 Å². The van der Waals surface area contributed by atoms with Crippen LogP contribution in [0.15, 0.2) is 0 Å². The summed E-state index contributed by atoms with van der Waals surface area (Å²) in [6.07, 6.45) is 1.90. The molecule has 0 aromatic carbocycles. The zero-order valence-corrected chi connectivity index (χ0v) is 5.96. The van der Waals surface area contributed by atoms with E-state index in [0.29, 0.717) is 5.25 Å². The third kappa shape index (κ3) is 2.91. The largest absolute Gasteiger partial charge is 0.284 e. The highest BCUT2D eigenvalue weighted by Crippen LogP contribution is 2.29. The predicted octanol–water partition coefficient (Wildman–Crippen LogP) is 0.577. The third-order valence-corrected chi connectivity index (χ3v) is 3.05. The molecule has 0 aliphatic carbocycles. The molecular formula is C4H14N2S. The van der Waals surface area contributed by atoms with Gasteiger partial charge in [-0.25, -0.2) is 0 Å². The smallest absolute Gasteiger partial charge is 0.00639 e. The molecule has 4 N–H and O–H groups in total. The van der Waals surface area contributed by atoms with Gasteiger partial charge in [-0.3, -0.25) is 10.3 Å². The first-order valence-electron chi connectivity index (χ1n) is 2.27. The molecule has 0 atom stereocenters. The minimum atomic E-state index is -1.24. The van der Waals surface area contributed by atoms with Gasteiger partial charge in [0.15, 0.2) is 0 Å². The summed E-state index contributed by atoms with van der Waals surface area (Å²) in [6, 6.07) is 0. The van der Waals surface area contributed by atoms with E-state index < -0.39 is 10.4 Å². The fourth-order valence-corrected chi connectivity index (χ4v) is 0. The van der Waals surface area contributed by atoms with E-state index in [-0.39, 0.29) is 0 Å².